The molecule has 2 rings (SSSR count). The molecule has 2 aromatic rings. The third kappa shape index (κ3) is 1.95. The molecule has 0 fully saturated rings. The van der Waals surface area contributed by atoms with E-state index in [1.54, 1.807) is 0 Å². The van der Waals surface area contributed by atoms with Crippen molar-refractivity contribution >= 4 is 11.6 Å². The first kappa shape index (κ1) is 11.1. The minimum atomic E-state index is 0.402. The average Bonchev–Trinajstić information content (AvgIpc) is 2.70. The second-order valence-corrected chi connectivity index (χ2v) is 3.96. The van der Waals surface area contributed by atoms with Crippen LogP contribution in [0.5, 0.6) is 0 Å². The van der Waals surface area contributed by atoms with Gasteiger partial charge in [0.15, 0.2) is 0 Å². The highest BCUT2D eigenvalue weighted by molar-refractivity contribution is 6.16. The second kappa shape index (κ2) is 4.66. The third-order valence-electron chi connectivity index (χ3n) is 2.68. The van der Waals surface area contributed by atoms with E-state index < -0.39 is 0 Å². The van der Waals surface area contributed by atoms with Crippen molar-refractivity contribution in [1.82, 2.24) is 15.0 Å². The summed E-state index contributed by atoms with van der Waals surface area (Å²) in [4.78, 5) is 0. The van der Waals surface area contributed by atoms with Crippen LogP contribution in [0.15, 0.2) is 24.3 Å². The highest BCUT2D eigenvalue weighted by Gasteiger charge is 2.08. The van der Waals surface area contributed by atoms with Gasteiger partial charge in [-0.15, -0.1) is 16.7 Å². The standard InChI is InChI=1S/C12H14ClN3/c1-3-10-5-4-6-11(7-10)16-9(2)12(8-13)14-15-16/h4-7H,3,8H2,1-2H3. The molecular formula is C12H14ClN3. The van der Waals surface area contributed by atoms with Crippen molar-refractivity contribution in [2.45, 2.75) is 26.1 Å². The van der Waals surface area contributed by atoms with Crippen LogP contribution >= 0.6 is 11.6 Å². The summed E-state index contributed by atoms with van der Waals surface area (Å²) in [7, 11) is 0. The fourth-order valence-corrected chi connectivity index (χ4v) is 1.88. The Kier molecular flexibility index (Phi) is 3.25. The van der Waals surface area contributed by atoms with E-state index >= 15 is 0 Å². The van der Waals surface area contributed by atoms with Crippen molar-refractivity contribution in [2.24, 2.45) is 0 Å². The molecule has 0 amide bonds. The summed E-state index contributed by atoms with van der Waals surface area (Å²) in [6, 6.07) is 8.30. The summed E-state index contributed by atoms with van der Waals surface area (Å²) in [5, 5.41) is 8.16. The molecule has 1 heterocycles. The Morgan fingerprint density at radius 3 is 2.81 bits per heavy atom. The van der Waals surface area contributed by atoms with E-state index in [-0.39, 0.29) is 0 Å². The van der Waals surface area contributed by atoms with Crippen LogP contribution in [0.2, 0.25) is 0 Å². The smallest absolute Gasteiger partial charge is 0.101 e. The molecule has 0 unspecified atom stereocenters. The number of nitrogens with zero attached hydrogens (tertiary/aromatic N) is 3. The van der Waals surface area contributed by atoms with E-state index in [4.69, 9.17) is 11.6 Å². The van der Waals surface area contributed by atoms with E-state index in [1.165, 1.54) is 5.56 Å². The second-order valence-electron chi connectivity index (χ2n) is 3.69. The Morgan fingerprint density at radius 1 is 1.38 bits per heavy atom. The minimum absolute atomic E-state index is 0.402. The first-order valence-corrected chi connectivity index (χ1v) is 5.86. The maximum Gasteiger partial charge on any atom is 0.101 e. The molecule has 0 aliphatic heterocycles. The van der Waals surface area contributed by atoms with Gasteiger partial charge in [0.1, 0.15) is 5.69 Å². The summed E-state index contributed by atoms with van der Waals surface area (Å²) in [6.45, 7) is 4.12. The molecule has 0 aliphatic carbocycles. The highest BCUT2D eigenvalue weighted by Crippen LogP contribution is 2.15. The van der Waals surface area contributed by atoms with E-state index in [1.807, 2.05) is 23.7 Å². The molecule has 0 spiro atoms. The Bertz CT molecular complexity index is 491. The number of aromatic nitrogens is 3. The number of hydrogen-bond acceptors (Lipinski definition) is 2. The highest BCUT2D eigenvalue weighted by atomic mass is 35.5. The van der Waals surface area contributed by atoms with Gasteiger partial charge in [-0.3, -0.25) is 0 Å². The molecule has 0 N–H and O–H groups in total. The fraction of sp³-hybridized carbons (Fsp3) is 0.333. The Morgan fingerprint density at radius 2 is 2.19 bits per heavy atom. The normalized spacial score (nSPS) is 10.7. The van der Waals surface area contributed by atoms with Crippen molar-refractivity contribution < 1.29 is 0 Å². The van der Waals surface area contributed by atoms with Crippen LogP contribution in [-0.2, 0) is 12.3 Å². The van der Waals surface area contributed by atoms with E-state index in [9.17, 15) is 0 Å². The zero-order valence-electron chi connectivity index (χ0n) is 9.44. The van der Waals surface area contributed by atoms with Gasteiger partial charge in [-0.2, -0.15) is 0 Å². The maximum absolute atomic E-state index is 5.78. The van der Waals surface area contributed by atoms with Gasteiger partial charge < -0.3 is 0 Å². The van der Waals surface area contributed by atoms with Gasteiger partial charge in [0, 0.05) is 0 Å². The summed E-state index contributed by atoms with van der Waals surface area (Å²) in [5.74, 6) is 0.402. The lowest BCUT2D eigenvalue weighted by Gasteiger charge is -2.05. The van der Waals surface area contributed by atoms with Crippen LogP contribution in [0.4, 0.5) is 0 Å². The first-order valence-electron chi connectivity index (χ1n) is 5.32. The number of benzene rings is 1. The lowest BCUT2D eigenvalue weighted by molar-refractivity contribution is 0.782. The van der Waals surface area contributed by atoms with Crippen molar-refractivity contribution in [3.8, 4) is 5.69 Å². The Labute approximate surface area is 100 Å². The maximum atomic E-state index is 5.78. The van der Waals surface area contributed by atoms with Crippen LogP contribution in [0.1, 0.15) is 23.9 Å². The monoisotopic (exact) mass is 235 g/mol. The van der Waals surface area contributed by atoms with E-state index in [0.29, 0.717) is 5.88 Å². The van der Waals surface area contributed by atoms with Gasteiger partial charge >= 0.3 is 0 Å². The van der Waals surface area contributed by atoms with E-state index in [0.717, 1.165) is 23.5 Å². The molecule has 16 heavy (non-hydrogen) atoms. The van der Waals surface area contributed by atoms with Crippen LogP contribution in [0.25, 0.3) is 5.69 Å². The lowest BCUT2D eigenvalue weighted by Crippen LogP contribution is -2.00. The summed E-state index contributed by atoms with van der Waals surface area (Å²) >= 11 is 5.78. The Hall–Kier alpha value is -1.35. The number of hydrogen-bond donors (Lipinski definition) is 0. The molecule has 0 bridgehead atoms. The van der Waals surface area contributed by atoms with Crippen molar-refractivity contribution in [3.05, 3.63) is 41.2 Å². The SMILES string of the molecule is CCc1cccc(-n2nnc(CCl)c2C)c1. The average molecular weight is 236 g/mol. The molecule has 0 aliphatic rings. The van der Waals surface area contributed by atoms with Crippen molar-refractivity contribution in [1.29, 1.82) is 0 Å². The van der Waals surface area contributed by atoms with Crippen LogP contribution < -0.4 is 0 Å². The third-order valence-corrected chi connectivity index (χ3v) is 2.93. The zero-order chi connectivity index (χ0) is 11.5. The summed E-state index contributed by atoms with van der Waals surface area (Å²) in [5.41, 5.74) is 4.17. The fourth-order valence-electron chi connectivity index (χ4n) is 1.64. The molecule has 1 aromatic carbocycles. The van der Waals surface area contributed by atoms with Crippen LogP contribution in [0, 0.1) is 6.92 Å². The van der Waals surface area contributed by atoms with Crippen LogP contribution in [-0.4, -0.2) is 15.0 Å². The number of aryl methyl sites for hydroxylation is 1. The van der Waals surface area contributed by atoms with Gasteiger partial charge in [0.2, 0.25) is 0 Å². The van der Waals surface area contributed by atoms with Gasteiger partial charge in [0.05, 0.1) is 17.3 Å². The number of alkyl halides is 1. The van der Waals surface area contributed by atoms with Gasteiger partial charge in [0.25, 0.3) is 0 Å². The molecule has 3 nitrogen and oxygen atoms in total. The molecule has 0 saturated heterocycles. The van der Waals surface area contributed by atoms with Gasteiger partial charge in [-0.1, -0.05) is 24.3 Å². The summed E-state index contributed by atoms with van der Waals surface area (Å²) in [6.07, 6.45) is 1.02. The minimum Gasteiger partial charge on any atom is -0.218 e. The largest absolute Gasteiger partial charge is 0.218 e. The van der Waals surface area contributed by atoms with E-state index in [2.05, 4.69) is 29.4 Å². The first-order chi connectivity index (χ1) is 7.76. The van der Waals surface area contributed by atoms with Crippen molar-refractivity contribution in [3.63, 3.8) is 0 Å². The zero-order valence-corrected chi connectivity index (χ0v) is 10.2. The number of rotatable bonds is 3. The van der Waals surface area contributed by atoms with Gasteiger partial charge in [-0.05, 0) is 31.0 Å². The quantitative estimate of drug-likeness (QED) is 0.766. The topological polar surface area (TPSA) is 30.7 Å². The molecular weight excluding hydrogens is 222 g/mol. The molecule has 1 aromatic heterocycles. The number of halogens is 1. The molecule has 4 heteroatoms. The molecule has 0 atom stereocenters. The predicted molar refractivity (Wildman–Crippen MR) is 65.0 cm³/mol. The van der Waals surface area contributed by atoms with Crippen LogP contribution in [0.3, 0.4) is 0 Å². The lowest BCUT2D eigenvalue weighted by atomic mass is 10.1. The molecule has 84 valence electrons. The predicted octanol–water partition coefficient (Wildman–Crippen LogP) is 2.88. The summed E-state index contributed by atoms with van der Waals surface area (Å²) < 4.78 is 1.83. The Balaban J connectivity index is 2.45. The van der Waals surface area contributed by atoms with Crippen molar-refractivity contribution in [2.75, 3.05) is 0 Å². The molecule has 0 radical (unpaired) electrons. The molecule has 0 saturated carbocycles. The van der Waals surface area contributed by atoms with Gasteiger partial charge in [-0.25, -0.2) is 4.68 Å².